The van der Waals surface area contributed by atoms with Gasteiger partial charge in [-0.05, 0) is 29.9 Å². The Morgan fingerprint density at radius 1 is 1.14 bits per heavy atom. The molecule has 0 bridgehead atoms. The zero-order valence-electron chi connectivity index (χ0n) is 7.84. The van der Waals surface area contributed by atoms with Gasteiger partial charge >= 0.3 is 0 Å². The topological polar surface area (TPSA) is 32.9 Å². The lowest BCUT2D eigenvalue weighted by Crippen LogP contribution is -2.10. The Kier molecular flexibility index (Phi) is 1.51. The Labute approximate surface area is 81.9 Å². The highest BCUT2D eigenvalue weighted by atomic mass is 16.1. The highest BCUT2D eigenvalue weighted by Gasteiger charge is 2.19. The Morgan fingerprint density at radius 2 is 2.07 bits per heavy atom. The molecule has 1 aromatic heterocycles. The molecular weight excluding hydrogens is 174 g/mol. The molecule has 70 valence electrons. The van der Waals surface area contributed by atoms with E-state index in [1.54, 1.807) is 0 Å². The molecule has 1 N–H and O–H groups in total. The van der Waals surface area contributed by atoms with Crippen LogP contribution in [0.4, 0.5) is 0 Å². The molecule has 1 aromatic carbocycles. The molecule has 0 spiro atoms. The predicted octanol–water partition coefficient (Wildman–Crippen LogP) is 2.69. The van der Waals surface area contributed by atoms with Gasteiger partial charge in [0.15, 0.2) is 5.78 Å². The first kappa shape index (κ1) is 7.80. The van der Waals surface area contributed by atoms with Crippen LogP contribution in [0.1, 0.15) is 28.8 Å². The third-order valence-electron chi connectivity index (χ3n) is 2.97. The number of carbonyl (C=O) groups excluding carboxylic acids is 1. The van der Waals surface area contributed by atoms with Crippen molar-refractivity contribution in [3.8, 4) is 0 Å². The molecule has 2 heteroatoms. The molecule has 0 fully saturated rings. The van der Waals surface area contributed by atoms with Crippen LogP contribution in [0.25, 0.3) is 10.9 Å². The van der Waals surface area contributed by atoms with Crippen LogP contribution in [0.2, 0.25) is 0 Å². The number of carbonyl (C=O) groups is 1. The van der Waals surface area contributed by atoms with Crippen molar-refractivity contribution in [3.63, 3.8) is 0 Å². The standard InChI is InChI=1S/C12H11NO/c14-11-3-1-2-10-9(11)5-4-8-6-7-13-12(8)10/h4-7,13H,1-3H2. The monoisotopic (exact) mass is 185 g/mol. The summed E-state index contributed by atoms with van der Waals surface area (Å²) >= 11 is 0. The lowest BCUT2D eigenvalue weighted by Gasteiger charge is -2.14. The Balaban J connectivity index is 2.38. The maximum absolute atomic E-state index is 11.6. The van der Waals surface area contributed by atoms with E-state index in [9.17, 15) is 4.79 Å². The van der Waals surface area contributed by atoms with Gasteiger partial charge in [0.1, 0.15) is 0 Å². The zero-order valence-corrected chi connectivity index (χ0v) is 7.84. The number of benzene rings is 1. The van der Waals surface area contributed by atoms with Crippen LogP contribution in [-0.2, 0) is 6.42 Å². The van der Waals surface area contributed by atoms with Gasteiger partial charge in [-0.3, -0.25) is 4.79 Å². The van der Waals surface area contributed by atoms with Crippen LogP contribution in [0.3, 0.4) is 0 Å². The van der Waals surface area contributed by atoms with E-state index in [0.717, 1.165) is 23.9 Å². The van der Waals surface area contributed by atoms with Gasteiger partial charge in [0.25, 0.3) is 0 Å². The SMILES string of the molecule is O=C1CCCc2c1ccc1cc[nH]c21. The second-order valence-electron chi connectivity index (χ2n) is 3.81. The van der Waals surface area contributed by atoms with Gasteiger partial charge in [0, 0.05) is 23.7 Å². The van der Waals surface area contributed by atoms with Gasteiger partial charge in [-0.2, -0.15) is 0 Å². The van der Waals surface area contributed by atoms with Crippen molar-refractivity contribution in [2.75, 3.05) is 0 Å². The van der Waals surface area contributed by atoms with E-state index in [1.807, 2.05) is 18.3 Å². The number of aromatic nitrogens is 1. The normalized spacial score (nSPS) is 15.9. The number of hydrogen-bond acceptors (Lipinski definition) is 1. The number of hydrogen-bond donors (Lipinski definition) is 1. The quantitative estimate of drug-likeness (QED) is 0.672. The summed E-state index contributed by atoms with van der Waals surface area (Å²) in [6, 6.07) is 6.04. The number of H-pyrrole nitrogens is 1. The average Bonchev–Trinajstić information content (AvgIpc) is 2.66. The number of Topliss-reactive ketones (excluding diaryl/α,β-unsaturated/α-hetero) is 1. The largest absolute Gasteiger partial charge is 0.361 e. The molecule has 14 heavy (non-hydrogen) atoms. The van der Waals surface area contributed by atoms with Crippen LogP contribution in [-0.4, -0.2) is 10.8 Å². The molecule has 1 heterocycles. The number of aryl methyl sites for hydroxylation is 1. The van der Waals surface area contributed by atoms with Crippen molar-refractivity contribution in [1.82, 2.24) is 4.98 Å². The zero-order chi connectivity index (χ0) is 9.54. The fourth-order valence-corrected chi connectivity index (χ4v) is 2.27. The summed E-state index contributed by atoms with van der Waals surface area (Å²) in [5.41, 5.74) is 3.28. The molecule has 1 aliphatic carbocycles. The summed E-state index contributed by atoms with van der Waals surface area (Å²) in [6.45, 7) is 0. The minimum atomic E-state index is 0.294. The van der Waals surface area contributed by atoms with Gasteiger partial charge in [-0.15, -0.1) is 0 Å². The van der Waals surface area contributed by atoms with Gasteiger partial charge in [-0.25, -0.2) is 0 Å². The maximum atomic E-state index is 11.6. The van der Waals surface area contributed by atoms with Crippen molar-refractivity contribution in [2.45, 2.75) is 19.3 Å². The Morgan fingerprint density at radius 3 is 3.00 bits per heavy atom. The molecule has 0 amide bonds. The summed E-state index contributed by atoms with van der Waals surface area (Å²) in [5, 5.41) is 1.21. The van der Waals surface area contributed by atoms with Gasteiger partial charge in [-0.1, -0.05) is 12.1 Å². The molecule has 0 radical (unpaired) electrons. The van der Waals surface area contributed by atoms with Crippen molar-refractivity contribution >= 4 is 16.7 Å². The second-order valence-corrected chi connectivity index (χ2v) is 3.81. The highest BCUT2D eigenvalue weighted by molar-refractivity contribution is 6.02. The number of rotatable bonds is 0. The highest BCUT2D eigenvalue weighted by Crippen LogP contribution is 2.27. The van der Waals surface area contributed by atoms with Crippen LogP contribution in [0, 0.1) is 0 Å². The van der Waals surface area contributed by atoms with E-state index in [1.165, 1.54) is 10.9 Å². The first-order chi connectivity index (χ1) is 6.86. The first-order valence-electron chi connectivity index (χ1n) is 4.98. The average molecular weight is 185 g/mol. The molecule has 2 aromatic rings. The fourth-order valence-electron chi connectivity index (χ4n) is 2.27. The third-order valence-corrected chi connectivity index (χ3v) is 2.97. The van der Waals surface area contributed by atoms with Crippen molar-refractivity contribution in [3.05, 3.63) is 35.5 Å². The van der Waals surface area contributed by atoms with Crippen LogP contribution >= 0.6 is 0 Å². The minimum Gasteiger partial charge on any atom is -0.361 e. The van der Waals surface area contributed by atoms with E-state index in [0.29, 0.717) is 12.2 Å². The molecule has 0 atom stereocenters. The second kappa shape index (κ2) is 2.71. The molecular formula is C12H11NO. The van der Waals surface area contributed by atoms with E-state index < -0.39 is 0 Å². The summed E-state index contributed by atoms with van der Waals surface area (Å²) in [6.07, 6.45) is 4.66. The lowest BCUT2D eigenvalue weighted by molar-refractivity contribution is 0.0973. The van der Waals surface area contributed by atoms with E-state index in [2.05, 4.69) is 11.1 Å². The molecule has 1 aliphatic rings. The molecule has 2 nitrogen and oxygen atoms in total. The molecule has 0 saturated carbocycles. The van der Waals surface area contributed by atoms with Crippen LogP contribution in [0.15, 0.2) is 24.4 Å². The summed E-state index contributed by atoms with van der Waals surface area (Å²) in [5.74, 6) is 0.294. The van der Waals surface area contributed by atoms with Gasteiger partial charge in [0.05, 0.1) is 0 Å². The Hall–Kier alpha value is -1.57. The van der Waals surface area contributed by atoms with Crippen molar-refractivity contribution < 1.29 is 4.79 Å². The van der Waals surface area contributed by atoms with E-state index in [-0.39, 0.29) is 0 Å². The third kappa shape index (κ3) is 0.939. The van der Waals surface area contributed by atoms with Crippen molar-refractivity contribution in [2.24, 2.45) is 0 Å². The van der Waals surface area contributed by atoms with Crippen molar-refractivity contribution in [1.29, 1.82) is 0 Å². The van der Waals surface area contributed by atoms with Crippen LogP contribution in [0.5, 0.6) is 0 Å². The number of fused-ring (bicyclic) bond motifs is 3. The molecule has 0 saturated heterocycles. The number of ketones is 1. The summed E-state index contributed by atoms with van der Waals surface area (Å²) in [7, 11) is 0. The minimum absolute atomic E-state index is 0.294. The van der Waals surface area contributed by atoms with E-state index in [4.69, 9.17) is 0 Å². The number of aromatic amines is 1. The maximum Gasteiger partial charge on any atom is 0.163 e. The molecule has 3 rings (SSSR count). The molecule has 0 unspecified atom stereocenters. The lowest BCUT2D eigenvalue weighted by atomic mass is 9.89. The first-order valence-corrected chi connectivity index (χ1v) is 4.98. The molecule has 0 aliphatic heterocycles. The number of nitrogens with one attached hydrogen (secondary N) is 1. The van der Waals surface area contributed by atoms with Gasteiger partial charge in [0.2, 0.25) is 0 Å². The Bertz CT molecular complexity index is 510. The fraction of sp³-hybridized carbons (Fsp3) is 0.250. The predicted molar refractivity (Wildman–Crippen MR) is 55.6 cm³/mol. The smallest absolute Gasteiger partial charge is 0.163 e. The summed E-state index contributed by atoms with van der Waals surface area (Å²) < 4.78 is 0. The van der Waals surface area contributed by atoms with Crippen LogP contribution < -0.4 is 0 Å². The summed E-state index contributed by atoms with van der Waals surface area (Å²) in [4.78, 5) is 14.9. The van der Waals surface area contributed by atoms with E-state index >= 15 is 0 Å². The van der Waals surface area contributed by atoms with Gasteiger partial charge < -0.3 is 4.98 Å².